The summed E-state index contributed by atoms with van der Waals surface area (Å²) in [5.41, 5.74) is 1.08. The van der Waals surface area contributed by atoms with Crippen molar-refractivity contribution in [2.24, 2.45) is 0 Å². The average molecular weight is 376 g/mol. The number of hydrogen-bond donors (Lipinski definition) is 1. The average Bonchev–Trinajstić information content (AvgIpc) is 2.66. The summed E-state index contributed by atoms with van der Waals surface area (Å²) in [6, 6.07) is 10.1. The molecule has 1 N–H and O–H groups in total. The Morgan fingerprint density at radius 1 is 1.04 bits per heavy atom. The molecular formula is C19H18ClNO5. The molecule has 0 saturated carbocycles. The summed E-state index contributed by atoms with van der Waals surface area (Å²) in [7, 11) is 4.16. The maximum absolute atomic E-state index is 12.2. The zero-order chi connectivity index (χ0) is 19.1. The van der Waals surface area contributed by atoms with E-state index in [2.05, 4.69) is 5.32 Å². The Hall–Kier alpha value is -2.99. The van der Waals surface area contributed by atoms with Gasteiger partial charge in [0.15, 0.2) is 11.5 Å². The fraction of sp³-hybridized carbons (Fsp3) is 0.158. The Morgan fingerprint density at radius 2 is 1.69 bits per heavy atom. The third-order valence-corrected chi connectivity index (χ3v) is 3.85. The van der Waals surface area contributed by atoms with Gasteiger partial charge in [0.25, 0.3) is 0 Å². The topological polar surface area (TPSA) is 73.9 Å². The summed E-state index contributed by atoms with van der Waals surface area (Å²) in [6.07, 6.45) is 2.90. The van der Waals surface area contributed by atoms with Crippen molar-refractivity contribution in [1.29, 1.82) is 0 Å². The summed E-state index contributed by atoms with van der Waals surface area (Å²) in [5, 5.41) is 3.16. The van der Waals surface area contributed by atoms with E-state index in [0.29, 0.717) is 22.1 Å². The highest BCUT2D eigenvalue weighted by molar-refractivity contribution is 6.32. The van der Waals surface area contributed by atoms with Crippen LogP contribution in [0.1, 0.15) is 15.9 Å². The van der Waals surface area contributed by atoms with Gasteiger partial charge < -0.3 is 19.5 Å². The highest BCUT2D eigenvalue weighted by Gasteiger charge is 2.18. The molecule has 26 heavy (non-hydrogen) atoms. The zero-order valence-corrected chi connectivity index (χ0v) is 15.3. The van der Waals surface area contributed by atoms with E-state index in [1.54, 1.807) is 24.3 Å². The van der Waals surface area contributed by atoms with Crippen LogP contribution in [0.3, 0.4) is 0 Å². The molecule has 136 valence electrons. The largest absolute Gasteiger partial charge is 0.493 e. The molecule has 0 atom stereocenters. The second-order valence-electron chi connectivity index (χ2n) is 5.09. The third kappa shape index (κ3) is 4.55. The van der Waals surface area contributed by atoms with Gasteiger partial charge in [0, 0.05) is 23.2 Å². The lowest BCUT2D eigenvalue weighted by Crippen LogP contribution is -2.13. The van der Waals surface area contributed by atoms with Crippen LogP contribution in [0.4, 0.5) is 5.69 Å². The number of halogens is 1. The fourth-order valence-corrected chi connectivity index (χ4v) is 2.41. The lowest BCUT2D eigenvalue weighted by molar-refractivity contribution is -0.111. The van der Waals surface area contributed by atoms with Crippen LogP contribution in [0.15, 0.2) is 42.5 Å². The fourth-order valence-electron chi connectivity index (χ4n) is 2.21. The van der Waals surface area contributed by atoms with Crippen molar-refractivity contribution >= 4 is 35.2 Å². The van der Waals surface area contributed by atoms with E-state index < -0.39 is 11.9 Å². The first-order valence-corrected chi connectivity index (χ1v) is 7.96. The Kier molecular flexibility index (Phi) is 6.63. The van der Waals surface area contributed by atoms with Crippen LogP contribution < -0.4 is 14.8 Å². The van der Waals surface area contributed by atoms with Crippen LogP contribution in [0, 0.1) is 0 Å². The normalized spacial score (nSPS) is 10.5. The molecule has 2 aromatic carbocycles. The number of ether oxygens (including phenoxy) is 3. The number of hydrogen-bond acceptors (Lipinski definition) is 5. The van der Waals surface area contributed by atoms with Gasteiger partial charge in [0.1, 0.15) is 0 Å². The van der Waals surface area contributed by atoms with Crippen LogP contribution in [-0.2, 0) is 9.53 Å². The lowest BCUT2D eigenvalue weighted by Gasteiger charge is -2.14. The molecular weight excluding hydrogens is 358 g/mol. The molecule has 0 aromatic heterocycles. The number of esters is 1. The molecule has 1 amide bonds. The second-order valence-corrected chi connectivity index (χ2v) is 5.50. The Morgan fingerprint density at radius 3 is 2.31 bits per heavy atom. The molecule has 0 radical (unpaired) electrons. The number of methoxy groups -OCH3 is 3. The number of nitrogens with one attached hydrogen (secondary N) is 1. The van der Waals surface area contributed by atoms with Crippen molar-refractivity contribution < 1.29 is 23.8 Å². The molecule has 0 saturated heterocycles. The minimum absolute atomic E-state index is 0.143. The molecule has 0 aliphatic heterocycles. The predicted molar refractivity (Wildman–Crippen MR) is 100 cm³/mol. The van der Waals surface area contributed by atoms with Crippen LogP contribution in [-0.4, -0.2) is 33.2 Å². The van der Waals surface area contributed by atoms with Gasteiger partial charge in [0.05, 0.1) is 32.6 Å². The number of benzene rings is 2. The molecule has 0 bridgehead atoms. The van der Waals surface area contributed by atoms with Gasteiger partial charge >= 0.3 is 5.97 Å². The first-order chi connectivity index (χ1) is 12.5. The van der Waals surface area contributed by atoms with Crippen molar-refractivity contribution in [2.75, 3.05) is 26.6 Å². The predicted octanol–water partition coefficient (Wildman–Crippen LogP) is 3.80. The lowest BCUT2D eigenvalue weighted by atomic mass is 10.1. The summed E-state index contributed by atoms with van der Waals surface area (Å²) in [4.78, 5) is 24.3. The molecule has 2 rings (SSSR count). The van der Waals surface area contributed by atoms with Crippen LogP contribution >= 0.6 is 11.6 Å². The van der Waals surface area contributed by atoms with Crippen molar-refractivity contribution in [1.82, 2.24) is 0 Å². The molecule has 0 spiro atoms. The highest BCUT2D eigenvalue weighted by Crippen LogP contribution is 2.33. The molecule has 7 heteroatoms. The van der Waals surface area contributed by atoms with Gasteiger partial charge in [0.2, 0.25) is 5.91 Å². The van der Waals surface area contributed by atoms with E-state index in [1.807, 2.05) is 6.07 Å². The highest BCUT2D eigenvalue weighted by atomic mass is 35.5. The number of rotatable bonds is 6. The molecule has 0 unspecified atom stereocenters. The molecule has 0 aliphatic rings. The minimum atomic E-state index is -0.615. The minimum Gasteiger partial charge on any atom is -0.493 e. The van der Waals surface area contributed by atoms with Crippen LogP contribution in [0.25, 0.3) is 6.08 Å². The smallest absolute Gasteiger partial charge is 0.340 e. The maximum atomic E-state index is 12.2. The van der Waals surface area contributed by atoms with E-state index in [-0.39, 0.29) is 11.3 Å². The van der Waals surface area contributed by atoms with Gasteiger partial charge in [-0.3, -0.25) is 4.79 Å². The number of carbonyl (C=O) groups is 2. The van der Waals surface area contributed by atoms with Crippen molar-refractivity contribution in [2.45, 2.75) is 0 Å². The summed E-state index contributed by atoms with van der Waals surface area (Å²) in [5.74, 6) is -0.346. The Labute approximate surface area is 156 Å². The van der Waals surface area contributed by atoms with E-state index in [4.69, 9.17) is 25.8 Å². The summed E-state index contributed by atoms with van der Waals surface area (Å²) in [6.45, 7) is 0. The quantitative estimate of drug-likeness (QED) is 0.614. The maximum Gasteiger partial charge on any atom is 0.340 e. The third-order valence-electron chi connectivity index (χ3n) is 3.51. The molecule has 2 aromatic rings. The van der Waals surface area contributed by atoms with E-state index >= 15 is 0 Å². The number of amides is 1. The van der Waals surface area contributed by atoms with Gasteiger partial charge in [-0.15, -0.1) is 0 Å². The van der Waals surface area contributed by atoms with Crippen molar-refractivity contribution in [3.8, 4) is 11.5 Å². The van der Waals surface area contributed by atoms with Gasteiger partial charge in [-0.2, -0.15) is 0 Å². The van der Waals surface area contributed by atoms with Crippen molar-refractivity contribution in [3.05, 3.63) is 58.6 Å². The van der Waals surface area contributed by atoms with E-state index in [1.165, 1.54) is 39.5 Å². The summed E-state index contributed by atoms with van der Waals surface area (Å²) >= 11 is 6.05. The van der Waals surface area contributed by atoms with Gasteiger partial charge in [-0.05, 0) is 17.7 Å². The molecule has 0 fully saturated rings. The molecule has 0 heterocycles. The SMILES string of the molecule is COC(=O)c1cc(OC)c(OC)cc1NC(=O)/C=C/c1ccccc1Cl. The monoisotopic (exact) mass is 375 g/mol. The zero-order valence-electron chi connectivity index (χ0n) is 14.5. The van der Waals surface area contributed by atoms with E-state index in [0.717, 1.165) is 0 Å². The molecule has 0 aliphatic carbocycles. The number of carbonyl (C=O) groups excluding carboxylic acids is 2. The summed E-state index contributed by atoms with van der Waals surface area (Å²) < 4.78 is 15.1. The first-order valence-electron chi connectivity index (χ1n) is 7.58. The standard InChI is InChI=1S/C19H18ClNO5/c1-24-16-10-13(19(23)26-3)15(11-17(16)25-2)21-18(22)9-8-12-6-4-5-7-14(12)20/h4-11H,1-3H3,(H,21,22)/b9-8+. The first kappa shape index (κ1) is 19.3. The molecule has 6 nitrogen and oxygen atoms in total. The van der Waals surface area contributed by atoms with Crippen molar-refractivity contribution in [3.63, 3.8) is 0 Å². The Bertz CT molecular complexity index is 848. The van der Waals surface area contributed by atoms with Gasteiger partial charge in [-0.1, -0.05) is 29.8 Å². The second kappa shape index (κ2) is 8.92. The van der Waals surface area contributed by atoms with Crippen LogP contribution in [0.2, 0.25) is 5.02 Å². The number of anilines is 1. The van der Waals surface area contributed by atoms with Crippen LogP contribution in [0.5, 0.6) is 11.5 Å². The Balaban J connectivity index is 2.30. The van der Waals surface area contributed by atoms with E-state index in [9.17, 15) is 9.59 Å². The van der Waals surface area contributed by atoms with Gasteiger partial charge in [-0.25, -0.2) is 4.79 Å².